The minimum absolute atomic E-state index is 0.0458. The molecule has 0 aliphatic carbocycles. The lowest BCUT2D eigenvalue weighted by molar-refractivity contribution is -0.121. The molecule has 0 aliphatic rings. The van der Waals surface area contributed by atoms with Crippen molar-refractivity contribution < 1.29 is 9.53 Å². The molecule has 1 amide bonds. The van der Waals surface area contributed by atoms with Crippen LogP contribution in [0, 0.1) is 6.92 Å². The molecule has 0 radical (unpaired) electrons. The SMILES string of the molecule is COc1cccc(NCCCC(=O)NCCc2nc3cc(Cl)ccc3c(=O)n2-c2ccc(C)cc2)c1. The van der Waals surface area contributed by atoms with E-state index in [4.69, 9.17) is 21.3 Å². The highest BCUT2D eigenvalue weighted by Crippen LogP contribution is 2.19. The van der Waals surface area contributed by atoms with Crippen molar-refractivity contribution in [1.29, 1.82) is 0 Å². The van der Waals surface area contributed by atoms with Crippen LogP contribution in [0.2, 0.25) is 5.02 Å². The van der Waals surface area contributed by atoms with Crippen molar-refractivity contribution in [3.05, 3.63) is 93.5 Å². The number of hydrogen-bond acceptors (Lipinski definition) is 5. The van der Waals surface area contributed by atoms with Gasteiger partial charge in [0.2, 0.25) is 5.91 Å². The number of aryl methyl sites for hydroxylation is 1. The van der Waals surface area contributed by atoms with Crippen LogP contribution in [0.4, 0.5) is 5.69 Å². The molecule has 0 bridgehead atoms. The molecule has 7 nitrogen and oxygen atoms in total. The molecule has 0 aliphatic heterocycles. The second kappa shape index (κ2) is 11.7. The van der Waals surface area contributed by atoms with Gasteiger partial charge in [0.1, 0.15) is 11.6 Å². The number of amides is 1. The highest BCUT2D eigenvalue weighted by molar-refractivity contribution is 6.31. The first kappa shape index (κ1) is 25.3. The first-order valence-electron chi connectivity index (χ1n) is 11.9. The molecular formula is C28H29ClN4O3. The van der Waals surface area contributed by atoms with E-state index in [9.17, 15) is 9.59 Å². The Morgan fingerprint density at radius 2 is 1.86 bits per heavy atom. The van der Waals surface area contributed by atoms with Crippen molar-refractivity contribution in [2.45, 2.75) is 26.2 Å². The van der Waals surface area contributed by atoms with Crippen LogP contribution in [0.15, 0.2) is 71.5 Å². The zero-order valence-electron chi connectivity index (χ0n) is 20.4. The van der Waals surface area contributed by atoms with Gasteiger partial charge in [-0.05, 0) is 55.8 Å². The van der Waals surface area contributed by atoms with Crippen molar-refractivity contribution in [3.63, 3.8) is 0 Å². The van der Waals surface area contributed by atoms with Gasteiger partial charge in [-0.1, -0.05) is 35.4 Å². The van der Waals surface area contributed by atoms with Gasteiger partial charge in [-0.25, -0.2) is 4.98 Å². The third-order valence-electron chi connectivity index (χ3n) is 5.84. The number of carbonyl (C=O) groups is 1. The molecule has 4 rings (SSSR count). The summed E-state index contributed by atoms with van der Waals surface area (Å²) in [5, 5.41) is 7.26. The average molecular weight is 505 g/mol. The number of anilines is 1. The summed E-state index contributed by atoms with van der Waals surface area (Å²) in [6.07, 6.45) is 1.48. The maximum Gasteiger partial charge on any atom is 0.265 e. The van der Waals surface area contributed by atoms with E-state index in [0.717, 1.165) is 22.7 Å². The molecule has 186 valence electrons. The highest BCUT2D eigenvalue weighted by atomic mass is 35.5. The Hall–Kier alpha value is -3.84. The van der Waals surface area contributed by atoms with Gasteiger partial charge in [0.05, 0.1) is 23.7 Å². The Bertz CT molecular complexity index is 1420. The van der Waals surface area contributed by atoms with Crippen LogP contribution in [-0.4, -0.2) is 35.7 Å². The van der Waals surface area contributed by atoms with Crippen LogP contribution in [0.25, 0.3) is 16.6 Å². The first-order valence-corrected chi connectivity index (χ1v) is 12.3. The molecule has 0 fully saturated rings. The summed E-state index contributed by atoms with van der Waals surface area (Å²) in [6, 6.07) is 20.5. The topological polar surface area (TPSA) is 85.2 Å². The number of benzene rings is 3. The Morgan fingerprint density at radius 3 is 2.64 bits per heavy atom. The standard InChI is InChI=1S/C28H29ClN4O3/c1-19-8-11-22(12-9-19)33-26(32-25-17-20(29)10-13-24(25)28(33)35)14-16-31-27(34)7-4-15-30-21-5-3-6-23(18-21)36-2/h3,5-6,8-13,17-18,30H,4,7,14-16H2,1-2H3,(H,31,34). The van der Waals surface area contributed by atoms with E-state index in [1.165, 1.54) is 0 Å². The Labute approximate surface area is 215 Å². The summed E-state index contributed by atoms with van der Waals surface area (Å²) in [5.41, 5.74) is 3.17. The molecule has 3 aromatic carbocycles. The van der Waals surface area contributed by atoms with E-state index >= 15 is 0 Å². The summed E-state index contributed by atoms with van der Waals surface area (Å²) in [5.74, 6) is 1.31. The third kappa shape index (κ3) is 6.23. The van der Waals surface area contributed by atoms with Gasteiger partial charge >= 0.3 is 0 Å². The van der Waals surface area contributed by atoms with Crippen molar-refractivity contribution in [3.8, 4) is 11.4 Å². The van der Waals surface area contributed by atoms with Crippen LogP contribution in [0.3, 0.4) is 0 Å². The normalized spacial score (nSPS) is 10.9. The van der Waals surface area contributed by atoms with Crippen molar-refractivity contribution in [1.82, 2.24) is 14.9 Å². The molecule has 0 saturated carbocycles. The third-order valence-corrected chi connectivity index (χ3v) is 6.08. The van der Waals surface area contributed by atoms with Crippen LogP contribution in [-0.2, 0) is 11.2 Å². The minimum atomic E-state index is -0.162. The van der Waals surface area contributed by atoms with E-state index in [1.54, 1.807) is 29.9 Å². The maximum absolute atomic E-state index is 13.4. The van der Waals surface area contributed by atoms with Gasteiger partial charge in [0.25, 0.3) is 5.56 Å². The van der Waals surface area contributed by atoms with Crippen molar-refractivity contribution in [2.75, 3.05) is 25.5 Å². The fourth-order valence-electron chi connectivity index (χ4n) is 3.95. The molecule has 8 heteroatoms. The maximum atomic E-state index is 13.4. The summed E-state index contributed by atoms with van der Waals surface area (Å²) in [6.45, 7) is 3.03. The lowest BCUT2D eigenvalue weighted by Crippen LogP contribution is -2.29. The molecule has 0 unspecified atom stereocenters. The first-order chi connectivity index (χ1) is 17.4. The van der Waals surface area contributed by atoms with Crippen molar-refractivity contribution in [2.24, 2.45) is 0 Å². The van der Waals surface area contributed by atoms with Gasteiger partial charge in [0, 0.05) is 42.7 Å². The minimum Gasteiger partial charge on any atom is -0.497 e. The number of halogens is 1. The number of methoxy groups -OCH3 is 1. The second-order valence-corrected chi connectivity index (χ2v) is 8.96. The molecule has 1 aromatic heterocycles. The Kier molecular flexibility index (Phi) is 8.23. The van der Waals surface area contributed by atoms with E-state index in [2.05, 4.69) is 10.6 Å². The average Bonchev–Trinajstić information content (AvgIpc) is 2.87. The van der Waals surface area contributed by atoms with Crippen LogP contribution >= 0.6 is 11.6 Å². The fraction of sp³-hybridized carbons (Fsp3) is 0.250. The summed E-state index contributed by atoms with van der Waals surface area (Å²) in [4.78, 5) is 30.5. The van der Waals surface area contributed by atoms with Gasteiger partial charge in [0.15, 0.2) is 0 Å². The second-order valence-electron chi connectivity index (χ2n) is 8.53. The predicted molar refractivity (Wildman–Crippen MR) is 145 cm³/mol. The van der Waals surface area contributed by atoms with Gasteiger partial charge in [-0.15, -0.1) is 0 Å². The van der Waals surface area contributed by atoms with Crippen molar-refractivity contribution >= 4 is 34.1 Å². The lowest BCUT2D eigenvalue weighted by Gasteiger charge is -2.14. The lowest BCUT2D eigenvalue weighted by atomic mass is 10.2. The quantitative estimate of drug-likeness (QED) is 0.300. The van der Waals surface area contributed by atoms with E-state index < -0.39 is 0 Å². The molecule has 36 heavy (non-hydrogen) atoms. The molecule has 0 spiro atoms. The molecular weight excluding hydrogens is 476 g/mol. The number of nitrogens with one attached hydrogen (secondary N) is 2. The molecule has 4 aromatic rings. The molecule has 0 atom stereocenters. The number of nitrogens with zero attached hydrogens (tertiary/aromatic N) is 2. The van der Waals surface area contributed by atoms with Gasteiger partial charge in [-0.2, -0.15) is 0 Å². The van der Waals surface area contributed by atoms with Crippen LogP contribution in [0.1, 0.15) is 24.2 Å². The van der Waals surface area contributed by atoms with Crippen LogP contribution < -0.4 is 20.9 Å². The summed E-state index contributed by atoms with van der Waals surface area (Å²) >= 11 is 6.14. The largest absolute Gasteiger partial charge is 0.497 e. The Balaban J connectivity index is 1.39. The number of rotatable bonds is 10. The fourth-order valence-corrected chi connectivity index (χ4v) is 4.12. The number of carbonyl (C=O) groups excluding carboxylic acids is 1. The van der Waals surface area contributed by atoms with E-state index in [-0.39, 0.29) is 11.5 Å². The highest BCUT2D eigenvalue weighted by Gasteiger charge is 2.14. The van der Waals surface area contributed by atoms with Gasteiger partial charge < -0.3 is 15.4 Å². The number of fused-ring (bicyclic) bond motifs is 1. The number of hydrogen-bond donors (Lipinski definition) is 2. The molecule has 2 N–H and O–H groups in total. The smallest absolute Gasteiger partial charge is 0.265 e. The van der Waals surface area contributed by atoms with Gasteiger partial charge in [-0.3, -0.25) is 14.2 Å². The number of ether oxygens (including phenoxy) is 1. The summed E-state index contributed by atoms with van der Waals surface area (Å²) < 4.78 is 6.83. The monoisotopic (exact) mass is 504 g/mol. The Morgan fingerprint density at radius 1 is 1.06 bits per heavy atom. The zero-order valence-corrected chi connectivity index (χ0v) is 21.1. The molecule has 1 heterocycles. The zero-order chi connectivity index (χ0) is 25.5. The van der Waals surface area contributed by atoms with E-state index in [1.807, 2.05) is 55.5 Å². The summed E-state index contributed by atoms with van der Waals surface area (Å²) in [7, 11) is 1.63. The molecule has 0 saturated heterocycles. The predicted octanol–water partition coefficient (Wildman–Crippen LogP) is 4.91. The number of aromatic nitrogens is 2. The van der Waals surface area contributed by atoms with Crippen LogP contribution in [0.5, 0.6) is 5.75 Å². The van der Waals surface area contributed by atoms with E-state index in [0.29, 0.717) is 54.1 Å².